The molecule has 0 bridgehead atoms. The fraction of sp³-hybridized carbons (Fsp3) is 0.963. The number of aliphatic hydroxyl groups excluding tert-OH is 1. The zero-order valence-corrected chi connectivity index (χ0v) is 68.7. The summed E-state index contributed by atoms with van der Waals surface area (Å²) >= 11 is 0. The van der Waals surface area contributed by atoms with E-state index in [0.717, 1.165) is 114 Å². The summed E-state index contributed by atoms with van der Waals surface area (Å²) in [7, 11) is 10.4. The first-order valence-electron chi connectivity index (χ1n) is 38.1. The number of aliphatic hydroxyl groups is 1. The predicted octanol–water partition coefficient (Wildman–Crippen LogP) is 18.3. The summed E-state index contributed by atoms with van der Waals surface area (Å²) in [5.74, 6) is 8.02. The fourth-order valence-corrected chi connectivity index (χ4v) is 15.6. The van der Waals surface area contributed by atoms with E-state index in [-0.39, 0.29) is 29.3 Å². The molecule has 15 unspecified atom stereocenters. The summed E-state index contributed by atoms with van der Waals surface area (Å²) in [5, 5.41) is 18.5. The number of likely N-dealkylation sites (tertiary alicyclic amines) is 5. The van der Waals surface area contributed by atoms with Gasteiger partial charge in [0, 0.05) is 85.4 Å². The number of carbonyl (C=O) groups excluding carboxylic acids is 2. The van der Waals surface area contributed by atoms with Crippen LogP contribution in [0.3, 0.4) is 0 Å². The van der Waals surface area contributed by atoms with E-state index in [1.165, 1.54) is 64.5 Å². The van der Waals surface area contributed by atoms with Crippen molar-refractivity contribution in [3.63, 3.8) is 0 Å². The van der Waals surface area contributed by atoms with E-state index in [2.05, 4.69) is 234 Å². The van der Waals surface area contributed by atoms with Crippen LogP contribution in [0.15, 0.2) is 0 Å². The lowest BCUT2D eigenvalue weighted by atomic mass is 9.66. The molecule has 15 atom stereocenters. The number of nitriles is 1. The molecule has 0 aromatic rings. The molecule has 94 heavy (non-hydrogen) atoms. The normalized spacial score (nSPS) is 31.4. The van der Waals surface area contributed by atoms with Gasteiger partial charge in [-0.2, -0.15) is 5.26 Å². The molecule has 1 amide bonds. The maximum Gasteiger partial charge on any atom is 0.310 e. The molecule has 7 rings (SSSR count). The first kappa shape index (κ1) is 90.2. The Bertz CT molecular complexity index is 2120. The molecule has 556 valence electrons. The Hall–Kier alpha value is -1.85. The number of esters is 1. The largest absolute Gasteiger partial charge is 0.466 e. The average molecular weight is 1330 g/mol. The van der Waals surface area contributed by atoms with Crippen LogP contribution < -0.4 is 0 Å². The van der Waals surface area contributed by atoms with Gasteiger partial charge in [-0.1, -0.05) is 179 Å². The molecular weight excluding hydrogens is 1160 g/mol. The highest BCUT2D eigenvalue weighted by molar-refractivity contribution is 5.73. The van der Waals surface area contributed by atoms with Crippen LogP contribution in [0.1, 0.15) is 271 Å². The third-order valence-electron chi connectivity index (χ3n) is 22.6. The number of hydrogen-bond acceptors (Lipinski definition) is 11. The van der Waals surface area contributed by atoms with Gasteiger partial charge in [-0.25, -0.2) is 0 Å². The Morgan fingerprint density at radius 3 is 1.26 bits per heavy atom. The smallest absolute Gasteiger partial charge is 0.310 e. The number of nitrogens with zero attached hydrogens (tertiary/aromatic N) is 6. The van der Waals surface area contributed by atoms with E-state index in [1.54, 1.807) is 6.92 Å². The second-order valence-corrected chi connectivity index (χ2v) is 39.7. The van der Waals surface area contributed by atoms with Gasteiger partial charge in [0.05, 0.1) is 43.0 Å². The number of β-amino-alcohol motifs (C(OH)–C–C–N with tert-alkyl or cyclic N) is 1. The minimum Gasteiger partial charge on any atom is -0.466 e. The van der Waals surface area contributed by atoms with Gasteiger partial charge in [-0.05, 0) is 210 Å². The molecule has 2 saturated carbocycles. The quantitative estimate of drug-likeness (QED) is 0.265. The maximum atomic E-state index is 11.8. The number of ether oxygens (including phenoxy) is 3. The Labute approximate surface area is 585 Å². The first-order chi connectivity index (χ1) is 42.7. The highest BCUT2D eigenvalue weighted by atomic mass is 16.5. The molecule has 0 spiro atoms. The fourth-order valence-electron chi connectivity index (χ4n) is 15.6. The van der Waals surface area contributed by atoms with Crippen LogP contribution in [0.2, 0.25) is 0 Å². The van der Waals surface area contributed by atoms with Crippen molar-refractivity contribution in [2.45, 2.75) is 295 Å². The predicted molar refractivity (Wildman–Crippen MR) is 402 cm³/mol. The van der Waals surface area contributed by atoms with Crippen LogP contribution in [0.25, 0.3) is 0 Å². The number of likely N-dealkylation sites (N-methyl/N-ethyl adjacent to an activating group) is 3. The van der Waals surface area contributed by atoms with Crippen molar-refractivity contribution < 1.29 is 28.9 Å². The molecule has 2 aliphatic carbocycles. The monoisotopic (exact) mass is 1330 g/mol. The molecular formula is C82H162N6O6. The molecule has 5 saturated heterocycles. The molecule has 1 N–H and O–H groups in total. The highest BCUT2D eigenvalue weighted by Crippen LogP contribution is 2.44. The molecule has 0 aromatic heterocycles. The van der Waals surface area contributed by atoms with Gasteiger partial charge in [-0.15, -0.1) is 0 Å². The van der Waals surface area contributed by atoms with Crippen LogP contribution in [-0.2, 0) is 23.8 Å². The molecule has 12 heteroatoms. The summed E-state index contributed by atoms with van der Waals surface area (Å²) in [4.78, 5) is 34.4. The summed E-state index contributed by atoms with van der Waals surface area (Å²) in [6.07, 6.45) is 16.1. The van der Waals surface area contributed by atoms with Gasteiger partial charge in [0.2, 0.25) is 5.91 Å². The second-order valence-electron chi connectivity index (χ2n) is 39.7. The van der Waals surface area contributed by atoms with E-state index in [0.29, 0.717) is 87.0 Å². The molecule has 5 aliphatic heterocycles. The lowest BCUT2D eigenvalue weighted by Gasteiger charge is -2.42. The minimum atomic E-state index is -0.118. The van der Waals surface area contributed by atoms with Crippen molar-refractivity contribution in [1.82, 2.24) is 24.5 Å². The number of rotatable bonds is 5. The van der Waals surface area contributed by atoms with Gasteiger partial charge in [0.15, 0.2) is 0 Å². The zero-order valence-electron chi connectivity index (χ0n) is 68.7. The van der Waals surface area contributed by atoms with Crippen molar-refractivity contribution in [1.29, 1.82) is 5.26 Å². The van der Waals surface area contributed by atoms with Crippen molar-refractivity contribution in [2.24, 2.45) is 109 Å². The topological polar surface area (TPSA) is 122 Å². The van der Waals surface area contributed by atoms with Gasteiger partial charge in [-0.3, -0.25) is 9.59 Å². The number of amides is 1. The number of piperidine rings is 5. The second kappa shape index (κ2) is 40.0. The van der Waals surface area contributed by atoms with Gasteiger partial charge < -0.3 is 43.8 Å². The van der Waals surface area contributed by atoms with Crippen molar-refractivity contribution in [2.75, 3.05) is 107 Å². The van der Waals surface area contributed by atoms with E-state index < -0.39 is 0 Å². The van der Waals surface area contributed by atoms with Crippen LogP contribution in [0.4, 0.5) is 0 Å². The SMILES string of the molecule is CC(=O)N1CC(C)CC(C(C)(C)C)C1.CC(C)OC1CC(C(C)(C)C)CN(C)C1.CC1CC(C#N)CC(C(C)(C)C)C1.CC1CCCC(C(C)(C)C)C1.CCOC(=O)C1CC(C(C)(C)C)CN(C)C1.CN1CC(O)CC(C(C)(C)C)C1.COC1CC(C(C)(C)C)CN(C)C1. The summed E-state index contributed by atoms with van der Waals surface area (Å²) < 4.78 is 16.5. The third kappa shape index (κ3) is 36.0. The Morgan fingerprint density at radius 2 is 0.862 bits per heavy atom. The zero-order chi connectivity index (χ0) is 72.9. The molecule has 0 aromatic carbocycles. The van der Waals surface area contributed by atoms with Crippen LogP contribution in [-0.4, -0.2) is 173 Å². The molecule has 7 aliphatic rings. The van der Waals surface area contributed by atoms with Crippen LogP contribution >= 0.6 is 0 Å². The molecule has 0 radical (unpaired) electrons. The van der Waals surface area contributed by atoms with E-state index in [4.69, 9.17) is 19.5 Å². The summed E-state index contributed by atoms with van der Waals surface area (Å²) in [5.41, 5.74) is 2.65. The number of methoxy groups -OCH3 is 1. The third-order valence-corrected chi connectivity index (χ3v) is 22.6. The van der Waals surface area contributed by atoms with Crippen LogP contribution in [0.5, 0.6) is 0 Å². The maximum absolute atomic E-state index is 11.8. The van der Waals surface area contributed by atoms with Gasteiger partial charge in [0.1, 0.15) is 0 Å². The average Bonchev–Trinajstić information content (AvgIpc) is 1.09. The van der Waals surface area contributed by atoms with Crippen molar-refractivity contribution in [3.05, 3.63) is 0 Å². The first-order valence-corrected chi connectivity index (χ1v) is 38.1. The highest BCUT2D eigenvalue weighted by Gasteiger charge is 2.40. The lowest BCUT2D eigenvalue weighted by molar-refractivity contribution is -0.151. The van der Waals surface area contributed by atoms with Crippen LogP contribution in [0, 0.1) is 120 Å². The molecule has 7 fully saturated rings. The summed E-state index contributed by atoms with van der Waals surface area (Å²) in [6.45, 7) is 73.9. The number of hydrogen-bond donors (Lipinski definition) is 1. The van der Waals surface area contributed by atoms with Gasteiger partial charge >= 0.3 is 5.97 Å². The Kier molecular flexibility index (Phi) is 38.3. The molecule has 5 heterocycles. The van der Waals surface area contributed by atoms with Gasteiger partial charge in [0.25, 0.3) is 0 Å². The van der Waals surface area contributed by atoms with E-state index in [1.807, 2.05) is 18.9 Å². The van der Waals surface area contributed by atoms with Crippen molar-refractivity contribution in [3.8, 4) is 6.07 Å². The van der Waals surface area contributed by atoms with E-state index >= 15 is 0 Å². The summed E-state index contributed by atoms with van der Waals surface area (Å²) in [6, 6.07) is 2.44. The standard InChI is InChI=1S/C13H25NO2.C13H27NO.C12H23NO.C12H21N.C11H23NO.C11H22.C10H21NO/c1-6-16-12(15)10-7-11(13(2,3)4)9-14(5)8-10;1-10(2)15-12-7-11(13(3,4)5)8-14(6)9-12;1-9-6-11(12(3,4)5)8-13(7-9)10(2)14;1-9-5-10(8-13)7-11(6-9)12(2,3)4;1-11(2,3)9-6-10(13-5)8-12(4)7-9;1-9-6-5-7-10(8-9)11(2,3)4;1-10(2,3)8-5-9(12)7-11(4)6-8/h10-11H,6-9H2,1-5H3;10-12H,7-9H2,1-6H3;9,11H,6-8H2,1-5H3;9-11H,5-7H2,1-4H3;9-10H,6-8H2,1-5H3;9-10H,5-8H2,1-4H3;8-9,12H,5-7H2,1-4H3. The minimum absolute atomic E-state index is 0.0247. The molecule has 12 nitrogen and oxygen atoms in total. The van der Waals surface area contributed by atoms with Crippen molar-refractivity contribution >= 4 is 11.9 Å². The van der Waals surface area contributed by atoms with E-state index in [9.17, 15) is 14.7 Å². The Morgan fingerprint density at radius 1 is 0.468 bits per heavy atom. The lowest BCUT2D eigenvalue weighted by Crippen LogP contribution is -2.46. The number of carbonyl (C=O) groups is 2. The Balaban J connectivity index is 0.000000550.